The molecule has 5 heteroatoms. The van der Waals surface area contributed by atoms with E-state index in [2.05, 4.69) is 5.32 Å². The predicted octanol–water partition coefficient (Wildman–Crippen LogP) is 2.16. The van der Waals surface area contributed by atoms with Gasteiger partial charge in [0.05, 0.1) is 6.04 Å². The molecular weight excluding hydrogens is 290 g/mol. The van der Waals surface area contributed by atoms with Gasteiger partial charge in [0.1, 0.15) is 0 Å². The molecule has 0 aliphatic heterocycles. The third-order valence-corrected chi connectivity index (χ3v) is 3.78. The van der Waals surface area contributed by atoms with Gasteiger partial charge in [-0.3, -0.25) is 9.59 Å². The van der Waals surface area contributed by atoms with Crippen LogP contribution < -0.4 is 11.1 Å². The highest BCUT2D eigenvalue weighted by Crippen LogP contribution is 2.08. The van der Waals surface area contributed by atoms with E-state index in [1.54, 1.807) is 17.0 Å². The van der Waals surface area contributed by atoms with Crippen LogP contribution in [0.1, 0.15) is 50.0 Å². The normalized spacial score (nSPS) is 12.1. The summed E-state index contributed by atoms with van der Waals surface area (Å²) in [6.07, 6.45) is 0.670. The molecule has 0 aliphatic carbocycles. The number of nitrogens with zero attached hydrogens (tertiary/aromatic N) is 1. The SMILES string of the molecule is CCN(CC)C(=O)c1ccc(CNC(=O)[C@@H](N)CC(C)C)cc1. The molecule has 0 fully saturated rings. The van der Waals surface area contributed by atoms with Crippen molar-refractivity contribution in [3.63, 3.8) is 0 Å². The third kappa shape index (κ3) is 6.02. The number of nitrogens with two attached hydrogens (primary N) is 1. The van der Waals surface area contributed by atoms with Gasteiger partial charge in [-0.2, -0.15) is 0 Å². The van der Waals surface area contributed by atoms with Crippen LogP contribution in [0, 0.1) is 5.92 Å². The van der Waals surface area contributed by atoms with E-state index in [4.69, 9.17) is 5.73 Å². The maximum absolute atomic E-state index is 12.2. The summed E-state index contributed by atoms with van der Waals surface area (Å²) < 4.78 is 0. The van der Waals surface area contributed by atoms with Gasteiger partial charge in [-0.15, -0.1) is 0 Å². The monoisotopic (exact) mass is 319 g/mol. The highest BCUT2D eigenvalue weighted by Gasteiger charge is 2.15. The van der Waals surface area contributed by atoms with Crippen LogP contribution in [-0.4, -0.2) is 35.8 Å². The fraction of sp³-hybridized carbons (Fsp3) is 0.556. The van der Waals surface area contributed by atoms with Crippen molar-refractivity contribution in [1.82, 2.24) is 10.2 Å². The lowest BCUT2D eigenvalue weighted by atomic mass is 10.0. The van der Waals surface area contributed by atoms with Gasteiger partial charge in [-0.1, -0.05) is 26.0 Å². The van der Waals surface area contributed by atoms with Crippen molar-refractivity contribution < 1.29 is 9.59 Å². The fourth-order valence-corrected chi connectivity index (χ4v) is 2.39. The summed E-state index contributed by atoms with van der Waals surface area (Å²) in [4.78, 5) is 25.9. The Labute approximate surface area is 139 Å². The largest absolute Gasteiger partial charge is 0.351 e. The first-order chi connectivity index (χ1) is 10.9. The first-order valence-electron chi connectivity index (χ1n) is 8.30. The Kier molecular flexibility index (Phi) is 7.75. The van der Waals surface area contributed by atoms with Gasteiger partial charge in [0.2, 0.25) is 5.91 Å². The fourth-order valence-electron chi connectivity index (χ4n) is 2.39. The van der Waals surface area contributed by atoms with Gasteiger partial charge in [0.25, 0.3) is 5.91 Å². The minimum absolute atomic E-state index is 0.0320. The van der Waals surface area contributed by atoms with Gasteiger partial charge in [-0.05, 0) is 43.9 Å². The molecule has 1 aromatic rings. The van der Waals surface area contributed by atoms with E-state index in [0.29, 0.717) is 37.5 Å². The molecule has 23 heavy (non-hydrogen) atoms. The Morgan fingerprint density at radius 3 is 2.17 bits per heavy atom. The smallest absolute Gasteiger partial charge is 0.253 e. The van der Waals surface area contributed by atoms with Gasteiger partial charge >= 0.3 is 0 Å². The summed E-state index contributed by atoms with van der Waals surface area (Å²) in [6, 6.07) is 6.86. The van der Waals surface area contributed by atoms with Crippen LogP contribution in [-0.2, 0) is 11.3 Å². The Morgan fingerprint density at radius 1 is 1.13 bits per heavy atom. The number of rotatable bonds is 8. The summed E-state index contributed by atoms with van der Waals surface area (Å²) >= 11 is 0. The minimum atomic E-state index is -0.474. The zero-order valence-corrected chi connectivity index (χ0v) is 14.6. The second-order valence-electron chi connectivity index (χ2n) is 6.13. The second-order valence-corrected chi connectivity index (χ2v) is 6.13. The maximum Gasteiger partial charge on any atom is 0.253 e. The molecule has 128 valence electrons. The van der Waals surface area contributed by atoms with Crippen molar-refractivity contribution >= 4 is 11.8 Å². The lowest BCUT2D eigenvalue weighted by molar-refractivity contribution is -0.122. The van der Waals surface area contributed by atoms with E-state index >= 15 is 0 Å². The summed E-state index contributed by atoms with van der Waals surface area (Å²) in [5, 5.41) is 2.84. The van der Waals surface area contributed by atoms with Crippen molar-refractivity contribution in [1.29, 1.82) is 0 Å². The molecule has 0 heterocycles. The molecule has 0 bridgehead atoms. The number of carbonyl (C=O) groups excluding carboxylic acids is 2. The van der Waals surface area contributed by atoms with Gasteiger partial charge in [0.15, 0.2) is 0 Å². The molecule has 1 atom stereocenters. The summed E-state index contributed by atoms with van der Waals surface area (Å²) in [6.45, 7) is 9.82. The van der Waals surface area contributed by atoms with Crippen LogP contribution in [0.4, 0.5) is 0 Å². The van der Waals surface area contributed by atoms with E-state index in [0.717, 1.165) is 5.56 Å². The number of hydrogen-bond donors (Lipinski definition) is 2. The summed E-state index contributed by atoms with van der Waals surface area (Å²) in [7, 11) is 0. The average molecular weight is 319 g/mol. The predicted molar refractivity (Wildman–Crippen MR) is 93.0 cm³/mol. The number of hydrogen-bond acceptors (Lipinski definition) is 3. The van der Waals surface area contributed by atoms with Crippen molar-refractivity contribution in [2.75, 3.05) is 13.1 Å². The van der Waals surface area contributed by atoms with Crippen molar-refractivity contribution in [3.05, 3.63) is 35.4 Å². The molecule has 0 aromatic heterocycles. The van der Waals surface area contributed by atoms with Gasteiger partial charge < -0.3 is 16.0 Å². The lowest BCUT2D eigenvalue weighted by Gasteiger charge is -2.18. The highest BCUT2D eigenvalue weighted by atomic mass is 16.2. The van der Waals surface area contributed by atoms with Crippen LogP contribution in [0.3, 0.4) is 0 Å². The van der Waals surface area contributed by atoms with Crippen molar-refractivity contribution in [2.45, 2.75) is 46.7 Å². The Morgan fingerprint density at radius 2 is 1.70 bits per heavy atom. The molecule has 0 saturated carbocycles. The zero-order chi connectivity index (χ0) is 17.4. The van der Waals surface area contributed by atoms with E-state index in [1.807, 2.05) is 39.8 Å². The quantitative estimate of drug-likeness (QED) is 0.771. The standard InChI is InChI=1S/C18H29N3O2/c1-5-21(6-2)18(23)15-9-7-14(8-10-15)12-20-17(22)16(19)11-13(3)4/h7-10,13,16H,5-6,11-12,19H2,1-4H3,(H,20,22)/t16-/m0/s1. The molecule has 5 nitrogen and oxygen atoms in total. The van der Waals surface area contributed by atoms with Gasteiger partial charge in [-0.25, -0.2) is 0 Å². The van der Waals surface area contributed by atoms with Crippen LogP contribution in [0.2, 0.25) is 0 Å². The lowest BCUT2D eigenvalue weighted by Crippen LogP contribution is -2.41. The average Bonchev–Trinajstić information content (AvgIpc) is 2.53. The molecule has 0 unspecified atom stereocenters. The number of amides is 2. The van der Waals surface area contributed by atoms with Crippen molar-refractivity contribution in [3.8, 4) is 0 Å². The summed E-state index contributed by atoms with van der Waals surface area (Å²) in [5.41, 5.74) is 7.46. The third-order valence-electron chi connectivity index (χ3n) is 3.78. The second kappa shape index (κ2) is 9.30. The first kappa shape index (κ1) is 19.2. The molecule has 2 amide bonds. The minimum Gasteiger partial charge on any atom is -0.351 e. The van der Waals surface area contributed by atoms with Crippen molar-refractivity contribution in [2.24, 2.45) is 11.7 Å². The topological polar surface area (TPSA) is 75.4 Å². The number of nitrogens with one attached hydrogen (secondary N) is 1. The highest BCUT2D eigenvalue weighted by molar-refractivity contribution is 5.94. The van der Waals surface area contributed by atoms with E-state index in [1.165, 1.54) is 0 Å². The Balaban J connectivity index is 2.57. The molecule has 0 aliphatic rings. The van der Waals surface area contributed by atoms with Crippen LogP contribution in [0.5, 0.6) is 0 Å². The molecule has 0 radical (unpaired) electrons. The summed E-state index contributed by atoms with van der Waals surface area (Å²) in [5.74, 6) is 0.285. The molecule has 0 spiro atoms. The Hall–Kier alpha value is -1.88. The number of benzene rings is 1. The maximum atomic E-state index is 12.2. The Bertz CT molecular complexity index is 508. The number of carbonyl (C=O) groups is 2. The molecular formula is C18H29N3O2. The zero-order valence-electron chi connectivity index (χ0n) is 14.6. The van der Waals surface area contributed by atoms with E-state index in [9.17, 15) is 9.59 Å². The first-order valence-corrected chi connectivity index (χ1v) is 8.30. The van der Waals surface area contributed by atoms with E-state index < -0.39 is 6.04 Å². The van der Waals surface area contributed by atoms with Gasteiger partial charge in [0, 0.05) is 25.2 Å². The van der Waals surface area contributed by atoms with Crippen LogP contribution in [0.15, 0.2) is 24.3 Å². The molecule has 1 rings (SSSR count). The van der Waals surface area contributed by atoms with Crippen LogP contribution in [0.25, 0.3) is 0 Å². The molecule has 1 aromatic carbocycles. The molecule has 3 N–H and O–H groups in total. The molecule has 0 saturated heterocycles. The van der Waals surface area contributed by atoms with E-state index in [-0.39, 0.29) is 11.8 Å². The van der Waals surface area contributed by atoms with Crippen LogP contribution >= 0.6 is 0 Å².